The number of aromatic nitrogens is 2. The summed E-state index contributed by atoms with van der Waals surface area (Å²) in [5.74, 6) is -0.754. The number of fused-ring (bicyclic) bond motifs is 4. The van der Waals surface area contributed by atoms with Crippen molar-refractivity contribution in [3.63, 3.8) is 0 Å². The Labute approximate surface area is 330 Å². The lowest BCUT2D eigenvalue weighted by Crippen LogP contribution is -2.42. The molecular weight excluding hydrogens is 716 g/mol. The summed E-state index contributed by atoms with van der Waals surface area (Å²) >= 11 is 0. The number of hydrogen-bond acceptors (Lipinski definition) is 12. The second-order valence-electron chi connectivity index (χ2n) is 14.4. The van der Waals surface area contributed by atoms with Crippen molar-refractivity contribution < 1.29 is 47.6 Å². The smallest absolute Gasteiger partial charge is 0.360 e. The second-order valence-corrected chi connectivity index (χ2v) is 14.4. The SMILES string of the molecule is CC=CC(O)C(C)(C)C1CC=CC=CC=CC(OC)Cc2nc(co2)C(=O)OC(C(C)(C)C(O)C=CC)CC=CC=CC=CC(OC)Cc2nc(co2)C(=O)O1. The summed E-state index contributed by atoms with van der Waals surface area (Å²) in [7, 11) is 3.12. The topological polar surface area (TPSA) is 164 Å². The maximum absolute atomic E-state index is 13.3. The molecule has 0 radical (unpaired) electrons. The average molecular weight is 775 g/mol. The largest absolute Gasteiger partial charge is 0.457 e. The van der Waals surface area contributed by atoms with Crippen LogP contribution in [0.5, 0.6) is 0 Å². The molecule has 3 rings (SSSR count). The lowest BCUT2D eigenvalue weighted by Gasteiger charge is -2.36. The number of cyclic esters (lactones) is 2. The lowest BCUT2D eigenvalue weighted by molar-refractivity contribution is -0.0461. The average Bonchev–Trinajstić information content (AvgIpc) is 3.85. The number of methoxy groups -OCH3 is 2. The molecule has 0 aliphatic carbocycles. The van der Waals surface area contributed by atoms with Gasteiger partial charge in [0.25, 0.3) is 0 Å². The van der Waals surface area contributed by atoms with Gasteiger partial charge in [-0.05, 0) is 13.8 Å². The number of allylic oxidation sites excluding steroid dienone is 10. The van der Waals surface area contributed by atoms with E-state index in [1.54, 1.807) is 38.5 Å². The van der Waals surface area contributed by atoms with Gasteiger partial charge in [-0.25, -0.2) is 19.6 Å². The Kier molecular flexibility index (Phi) is 18.4. The molecule has 1 aliphatic rings. The number of carbonyl (C=O) groups excluding carboxylic acids is 2. The van der Waals surface area contributed by atoms with Gasteiger partial charge in [-0.3, -0.25) is 0 Å². The summed E-state index contributed by atoms with van der Waals surface area (Å²) in [4.78, 5) is 35.3. The van der Waals surface area contributed by atoms with E-state index in [9.17, 15) is 19.8 Å². The first kappa shape index (κ1) is 45.5. The van der Waals surface area contributed by atoms with Crippen molar-refractivity contribution in [1.29, 1.82) is 0 Å². The summed E-state index contributed by atoms with van der Waals surface area (Å²) in [5.41, 5.74) is -1.66. The molecule has 0 amide bonds. The van der Waals surface area contributed by atoms with Crippen molar-refractivity contribution in [2.45, 2.75) is 104 Å². The van der Waals surface area contributed by atoms with E-state index in [4.69, 9.17) is 27.8 Å². The summed E-state index contributed by atoms with van der Waals surface area (Å²) in [5, 5.41) is 21.8. The van der Waals surface area contributed by atoms with Gasteiger partial charge in [0, 0.05) is 37.9 Å². The molecule has 0 fully saturated rings. The fourth-order valence-corrected chi connectivity index (χ4v) is 5.62. The fraction of sp³-hybridized carbons (Fsp3) is 0.455. The molecule has 2 aromatic heterocycles. The Morgan fingerprint density at radius 1 is 0.661 bits per heavy atom. The first-order valence-electron chi connectivity index (χ1n) is 18.7. The molecule has 0 spiro atoms. The number of hydrogen-bond donors (Lipinski definition) is 2. The number of esters is 2. The molecule has 1 aliphatic heterocycles. The summed E-state index contributed by atoms with van der Waals surface area (Å²) in [6, 6.07) is 0. The molecule has 2 N–H and O–H groups in total. The number of carbonyl (C=O) groups is 2. The second kappa shape index (κ2) is 22.6. The molecule has 0 aromatic carbocycles. The predicted molar refractivity (Wildman–Crippen MR) is 214 cm³/mol. The fourth-order valence-electron chi connectivity index (χ4n) is 5.62. The van der Waals surface area contributed by atoms with Crippen molar-refractivity contribution in [2.24, 2.45) is 10.8 Å². The van der Waals surface area contributed by atoms with E-state index in [1.807, 2.05) is 114 Å². The van der Waals surface area contributed by atoms with Crippen molar-refractivity contribution >= 4 is 11.9 Å². The monoisotopic (exact) mass is 774 g/mol. The minimum atomic E-state index is -0.880. The number of rotatable bonds is 8. The highest BCUT2D eigenvalue weighted by molar-refractivity contribution is 5.87. The third kappa shape index (κ3) is 13.7. The Hall–Kier alpha value is -4.88. The zero-order valence-corrected chi connectivity index (χ0v) is 33.7. The predicted octanol–water partition coefficient (Wildman–Crippen LogP) is 7.59. The summed E-state index contributed by atoms with van der Waals surface area (Å²) < 4.78 is 34.3. The van der Waals surface area contributed by atoms with Gasteiger partial charge in [-0.2, -0.15) is 0 Å². The van der Waals surface area contributed by atoms with Crippen LogP contribution in [-0.2, 0) is 31.8 Å². The molecular formula is C44H58N2O10. The molecule has 2 aromatic rings. The molecule has 6 unspecified atom stereocenters. The van der Waals surface area contributed by atoms with E-state index in [0.29, 0.717) is 24.6 Å². The van der Waals surface area contributed by atoms with Crippen LogP contribution in [0.4, 0.5) is 0 Å². The highest BCUT2D eigenvalue weighted by Crippen LogP contribution is 2.33. The standard InChI is InChI=1S/C44H58N2O10/c1-9-21-35(47)43(3,4)37-25-19-15-11-13-17-23-32(52-8)28-40-46-34(30-54-40)42(50)56-38(44(5,6)36(48)22-10-2)26-20-16-12-14-18-24-31(51-7)27-39-45-33(29-53-39)41(49)55-37/h9-24,29-32,35-38,47-48H,25-28H2,1-8H3. The molecule has 0 saturated heterocycles. The maximum atomic E-state index is 13.3. The van der Waals surface area contributed by atoms with Gasteiger partial charge < -0.3 is 38.0 Å². The zero-order chi connectivity index (χ0) is 41.1. The van der Waals surface area contributed by atoms with Crippen molar-refractivity contribution in [3.05, 3.63) is 133 Å². The molecule has 56 heavy (non-hydrogen) atoms. The van der Waals surface area contributed by atoms with Crippen molar-refractivity contribution in [1.82, 2.24) is 9.97 Å². The van der Waals surface area contributed by atoms with Crippen LogP contribution in [-0.4, -0.2) is 83.0 Å². The van der Waals surface area contributed by atoms with E-state index in [-0.39, 0.29) is 24.2 Å². The van der Waals surface area contributed by atoms with Gasteiger partial charge >= 0.3 is 11.9 Å². The van der Waals surface area contributed by atoms with Gasteiger partial charge in [0.2, 0.25) is 0 Å². The van der Waals surface area contributed by atoms with E-state index in [0.717, 1.165) is 0 Å². The molecule has 4 bridgehead atoms. The third-order valence-corrected chi connectivity index (χ3v) is 9.60. The first-order chi connectivity index (χ1) is 26.8. The van der Waals surface area contributed by atoms with Crippen LogP contribution in [0.25, 0.3) is 0 Å². The number of aliphatic hydroxyl groups excluding tert-OH is 2. The molecule has 6 atom stereocenters. The highest BCUT2D eigenvalue weighted by Gasteiger charge is 2.39. The van der Waals surface area contributed by atoms with E-state index < -0.39 is 59.4 Å². The Morgan fingerprint density at radius 3 is 1.39 bits per heavy atom. The van der Waals surface area contributed by atoms with Gasteiger partial charge in [0.05, 0.1) is 37.3 Å². The number of nitrogens with zero attached hydrogens (tertiary/aromatic N) is 2. The van der Waals surface area contributed by atoms with Crippen LogP contribution in [0.2, 0.25) is 0 Å². The lowest BCUT2D eigenvalue weighted by atomic mass is 9.79. The van der Waals surface area contributed by atoms with E-state index in [1.165, 1.54) is 12.5 Å². The number of aliphatic hydroxyl groups is 2. The molecule has 304 valence electrons. The van der Waals surface area contributed by atoms with Crippen LogP contribution in [0, 0.1) is 10.8 Å². The molecule has 12 nitrogen and oxygen atoms in total. The minimum absolute atomic E-state index is 0.0120. The minimum Gasteiger partial charge on any atom is -0.457 e. The first-order valence-corrected chi connectivity index (χ1v) is 18.7. The van der Waals surface area contributed by atoms with E-state index in [2.05, 4.69) is 9.97 Å². The summed E-state index contributed by atoms with van der Waals surface area (Å²) in [6.07, 6.45) is 28.4. The molecule has 0 saturated carbocycles. The van der Waals surface area contributed by atoms with Crippen molar-refractivity contribution in [3.8, 4) is 0 Å². The maximum Gasteiger partial charge on any atom is 0.360 e. The molecule has 3 heterocycles. The zero-order valence-electron chi connectivity index (χ0n) is 33.7. The normalized spacial score (nSPS) is 22.7. The molecule has 12 heteroatoms. The number of oxazole rings is 2. The number of ether oxygens (including phenoxy) is 4. The van der Waals surface area contributed by atoms with Crippen molar-refractivity contribution in [2.75, 3.05) is 14.2 Å². The Morgan fingerprint density at radius 2 is 1.04 bits per heavy atom. The third-order valence-electron chi connectivity index (χ3n) is 9.60. The Balaban J connectivity index is 1.93. The van der Waals surface area contributed by atoms with E-state index >= 15 is 0 Å². The van der Waals surface area contributed by atoms with Gasteiger partial charge in [0.1, 0.15) is 24.7 Å². The van der Waals surface area contributed by atoms with Crippen LogP contribution in [0.3, 0.4) is 0 Å². The van der Waals surface area contributed by atoms with Crippen LogP contribution in [0.1, 0.15) is 87.1 Å². The van der Waals surface area contributed by atoms with Crippen LogP contribution >= 0.6 is 0 Å². The van der Waals surface area contributed by atoms with Crippen LogP contribution in [0.15, 0.2) is 119 Å². The summed E-state index contributed by atoms with van der Waals surface area (Å²) in [6.45, 7) is 11.0. The quantitative estimate of drug-likeness (QED) is 0.200. The van der Waals surface area contributed by atoms with Gasteiger partial charge in [-0.1, -0.05) is 125 Å². The Bertz CT molecular complexity index is 1640. The van der Waals surface area contributed by atoms with Gasteiger partial charge in [0.15, 0.2) is 23.2 Å². The van der Waals surface area contributed by atoms with Crippen LogP contribution < -0.4 is 0 Å². The van der Waals surface area contributed by atoms with Gasteiger partial charge in [-0.15, -0.1) is 0 Å². The highest BCUT2D eigenvalue weighted by atomic mass is 16.6.